The molecule has 0 saturated carbocycles. The van der Waals surface area contributed by atoms with Crippen molar-refractivity contribution in [2.75, 3.05) is 17.7 Å². The number of aromatic nitrogens is 2. The Kier molecular flexibility index (Phi) is 3.68. The van der Waals surface area contributed by atoms with Gasteiger partial charge in [0.05, 0.1) is 5.69 Å². The summed E-state index contributed by atoms with van der Waals surface area (Å²) in [6.07, 6.45) is 0. The molecule has 0 atom stereocenters. The zero-order valence-electron chi connectivity index (χ0n) is 9.77. The normalized spacial score (nSPS) is 9.74. The lowest BCUT2D eigenvalue weighted by Gasteiger charge is -2.05. The van der Waals surface area contributed by atoms with Gasteiger partial charge < -0.3 is 10.6 Å². The van der Waals surface area contributed by atoms with E-state index in [0.29, 0.717) is 5.13 Å². The van der Waals surface area contributed by atoms with Crippen molar-refractivity contribution in [1.82, 2.24) is 10.2 Å². The number of hydrogen-bond acceptors (Lipinski definition) is 6. The van der Waals surface area contributed by atoms with Crippen molar-refractivity contribution in [1.29, 1.82) is 5.26 Å². The molecule has 0 aliphatic carbocycles. The van der Waals surface area contributed by atoms with Gasteiger partial charge in [-0.2, -0.15) is 5.26 Å². The molecule has 96 valence electrons. The standard InChI is InChI=1S/C11H8FN5OS/c1-14-11-17-16-10(19-11)9(18)15-8-4-2-3-7(12)6(8)5-13/h2-4H,1H3,(H,14,17)(H,15,18). The summed E-state index contributed by atoms with van der Waals surface area (Å²) >= 11 is 1.06. The highest BCUT2D eigenvalue weighted by atomic mass is 32.1. The lowest BCUT2D eigenvalue weighted by molar-refractivity contribution is 0.102. The molecule has 0 fully saturated rings. The van der Waals surface area contributed by atoms with Gasteiger partial charge in [0.15, 0.2) is 0 Å². The van der Waals surface area contributed by atoms with E-state index >= 15 is 0 Å². The molecule has 1 amide bonds. The lowest BCUT2D eigenvalue weighted by atomic mass is 10.2. The average Bonchev–Trinajstić information content (AvgIpc) is 2.88. The fourth-order valence-electron chi connectivity index (χ4n) is 1.33. The van der Waals surface area contributed by atoms with E-state index in [4.69, 9.17) is 5.26 Å². The molecule has 19 heavy (non-hydrogen) atoms. The van der Waals surface area contributed by atoms with Crippen LogP contribution in [0.25, 0.3) is 0 Å². The quantitative estimate of drug-likeness (QED) is 0.893. The Morgan fingerprint density at radius 1 is 1.47 bits per heavy atom. The number of carbonyl (C=O) groups excluding carboxylic acids is 1. The number of nitrogens with one attached hydrogen (secondary N) is 2. The summed E-state index contributed by atoms with van der Waals surface area (Å²) in [6, 6.07) is 5.71. The van der Waals surface area contributed by atoms with E-state index in [9.17, 15) is 9.18 Å². The minimum atomic E-state index is -0.687. The Balaban J connectivity index is 2.24. The van der Waals surface area contributed by atoms with Crippen molar-refractivity contribution in [2.45, 2.75) is 0 Å². The molecule has 6 nitrogen and oxygen atoms in total. The largest absolute Gasteiger partial charge is 0.363 e. The van der Waals surface area contributed by atoms with Gasteiger partial charge in [-0.25, -0.2) is 4.39 Å². The monoisotopic (exact) mass is 277 g/mol. The third-order valence-electron chi connectivity index (χ3n) is 2.21. The Bertz CT molecular complexity index is 663. The molecule has 2 aromatic rings. The Hall–Kier alpha value is -2.53. The van der Waals surface area contributed by atoms with Crippen LogP contribution in [-0.4, -0.2) is 23.2 Å². The zero-order valence-corrected chi connectivity index (χ0v) is 10.6. The van der Waals surface area contributed by atoms with E-state index < -0.39 is 11.7 Å². The molecule has 2 rings (SSSR count). The number of halogens is 1. The highest BCUT2D eigenvalue weighted by Crippen LogP contribution is 2.20. The first-order valence-corrected chi connectivity index (χ1v) is 5.98. The molecule has 0 saturated heterocycles. The topological polar surface area (TPSA) is 90.7 Å². The molecule has 8 heteroatoms. The van der Waals surface area contributed by atoms with Crippen LogP contribution in [0.5, 0.6) is 0 Å². The van der Waals surface area contributed by atoms with Gasteiger partial charge in [0, 0.05) is 7.05 Å². The van der Waals surface area contributed by atoms with Crippen molar-refractivity contribution in [2.24, 2.45) is 0 Å². The van der Waals surface area contributed by atoms with Gasteiger partial charge in [0.25, 0.3) is 5.91 Å². The van der Waals surface area contributed by atoms with Crippen molar-refractivity contribution in [3.8, 4) is 6.07 Å². The smallest absolute Gasteiger partial charge is 0.286 e. The number of anilines is 2. The highest BCUT2D eigenvalue weighted by molar-refractivity contribution is 7.17. The zero-order chi connectivity index (χ0) is 13.8. The van der Waals surface area contributed by atoms with Gasteiger partial charge in [-0.05, 0) is 12.1 Å². The number of nitrogens with zero attached hydrogens (tertiary/aromatic N) is 3. The molecule has 0 spiro atoms. The van der Waals surface area contributed by atoms with Crippen molar-refractivity contribution < 1.29 is 9.18 Å². The van der Waals surface area contributed by atoms with Gasteiger partial charge in [-0.3, -0.25) is 4.79 Å². The van der Waals surface area contributed by atoms with Crippen molar-refractivity contribution in [3.63, 3.8) is 0 Å². The molecule has 2 N–H and O–H groups in total. The van der Waals surface area contributed by atoms with Gasteiger partial charge in [0.2, 0.25) is 10.1 Å². The van der Waals surface area contributed by atoms with E-state index in [-0.39, 0.29) is 16.3 Å². The molecule has 1 aromatic carbocycles. The molecule has 0 aliphatic heterocycles. The first kappa shape index (κ1) is 12.9. The molecule has 0 radical (unpaired) electrons. The fourth-order valence-corrected chi connectivity index (χ4v) is 1.93. The van der Waals surface area contributed by atoms with Crippen LogP contribution in [0.2, 0.25) is 0 Å². The Morgan fingerprint density at radius 2 is 2.26 bits per heavy atom. The molecule has 0 unspecified atom stereocenters. The Labute approximate surface area is 111 Å². The number of carbonyl (C=O) groups is 1. The summed E-state index contributed by atoms with van der Waals surface area (Å²) in [7, 11) is 1.66. The summed E-state index contributed by atoms with van der Waals surface area (Å²) in [5.74, 6) is -1.23. The average molecular weight is 277 g/mol. The first-order chi connectivity index (χ1) is 9.15. The molecular weight excluding hydrogens is 269 g/mol. The van der Waals surface area contributed by atoms with Crippen LogP contribution in [0.15, 0.2) is 18.2 Å². The van der Waals surface area contributed by atoms with E-state index in [1.165, 1.54) is 12.1 Å². The maximum absolute atomic E-state index is 13.4. The second-order valence-electron chi connectivity index (χ2n) is 3.39. The Morgan fingerprint density at radius 3 is 2.89 bits per heavy atom. The minimum Gasteiger partial charge on any atom is -0.363 e. The predicted molar refractivity (Wildman–Crippen MR) is 68.5 cm³/mol. The van der Waals surface area contributed by atoms with Crippen LogP contribution in [0.3, 0.4) is 0 Å². The minimum absolute atomic E-state index is 0.105. The van der Waals surface area contributed by atoms with E-state index in [0.717, 1.165) is 17.4 Å². The molecule has 1 heterocycles. The van der Waals surface area contributed by atoms with Crippen LogP contribution in [0, 0.1) is 17.1 Å². The molecular formula is C11H8FN5OS. The van der Waals surface area contributed by atoms with Crippen LogP contribution < -0.4 is 10.6 Å². The summed E-state index contributed by atoms with van der Waals surface area (Å²) < 4.78 is 13.4. The second kappa shape index (κ2) is 5.41. The maximum Gasteiger partial charge on any atom is 0.286 e. The number of hydrogen-bond donors (Lipinski definition) is 2. The lowest BCUT2D eigenvalue weighted by Crippen LogP contribution is -2.13. The van der Waals surface area contributed by atoms with Crippen LogP contribution >= 0.6 is 11.3 Å². The van der Waals surface area contributed by atoms with Gasteiger partial charge in [0.1, 0.15) is 17.4 Å². The van der Waals surface area contributed by atoms with E-state index in [1.54, 1.807) is 13.1 Å². The third-order valence-corrected chi connectivity index (χ3v) is 3.15. The van der Waals surface area contributed by atoms with Crippen molar-refractivity contribution >= 4 is 28.1 Å². The summed E-state index contributed by atoms with van der Waals surface area (Å²) in [5.41, 5.74) is -0.108. The van der Waals surface area contributed by atoms with Gasteiger partial charge in [-0.15, -0.1) is 10.2 Å². The third kappa shape index (κ3) is 2.66. The maximum atomic E-state index is 13.4. The van der Waals surface area contributed by atoms with E-state index in [1.807, 2.05) is 0 Å². The number of rotatable bonds is 3. The van der Waals surface area contributed by atoms with Crippen LogP contribution in [-0.2, 0) is 0 Å². The second-order valence-corrected chi connectivity index (χ2v) is 4.37. The number of nitriles is 1. The number of amides is 1. The van der Waals surface area contributed by atoms with Crippen LogP contribution in [0.4, 0.5) is 15.2 Å². The molecule has 0 bridgehead atoms. The van der Waals surface area contributed by atoms with Gasteiger partial charge >= 0.3 is 0 Å². The first-order valence-electron chi connectivity index (χ1n) is 5.17. The molecule has 1 aromatic heterocycles. The van der Waals surface area contributed by atoms with Crippen molar-refractivity contribution in [3.05, 3.63) is 34.6 Å². The van der Waals surface area contributed by atoms with Gasteiger partial charge in [-0.1, -0.05) is 17.4 Å². The highest BCUT2D eigenvalue weighted by Gasteiger charge is 2.15. The predicted octanol–water partition coefficient (Wildman–Crippen LogP) is 1.84. The van der Waals surface area contributed by atoms with E-state index in [2.05, 4.69) is 20.8 Å². The molecule has 0 aliphatic rings. The summed E-state index contributed by atoms with van der Waals surface area (Å²) in [6.45, 7) is 0. The SMILES string of the molecule is CNc1nnc(C(=O)Nc2cccc(F)c2C#N)s1. The summed E-state index contributed by atoms with van der Waals surface area (Å²) in [5, 5.41) is 22.0. The van der Waals surface area contributed by atoms with Crippen LogP contribution in [0.1, 0.15) is 15.4 Å². The number of benzene rings is 1. The summed E-state index contributed by atoms with van der Waals surface area (Å²) in [4.78, 5) is 11.9. The fraction of sp³-hybridized carbons (Fsp3) is 0.0909.